The van der Waals surface area contributed by atoms with Crippen LogP contribution in [0.2, 0.25) is 0 Å². The predicted octanol–water partition coefficient (Wildman–Crippen LogP) is 3.71. The summed E-state index contributed by atoms with van der Waals surface area (Å²) in [6, 6.07) is 18.1. The van der Waals surface area contributed by atoms with E-state index in [2.05, 4.69) is 24.2 Å². The van der Waals surface area contributed by atoms with Gasteiger partial charge in [0.05, 0.1) is 0 Å². The lowest BCUT2D eigenvalue weighted by Crippen LogP contribution is -1.82. The predicted molar refractivity (Wildman–Crippen MR) is 66.0 cm³/mol. The van der Waals surface area contributed by atoms with Crippen LogP contribution in [0.15, 0.2) is 54.6 Å². The molecule has 0 aliphatic heterocycles. The van der Waals surface area contributed by atoms with Crippen molar-refractivity contribution in [2.75, 3.05) is 0 Å². The van der Waals surface area contributed by atoms with Crippen LogP contribution in [0.25, 0.3) is 11.1 Å². The molecule has 0 unspecified atom stereocenters. The van der Waals surface area contributed by atoms with E-state index in [1.165, 1.54) is 11.1 Å². The number of hydrogen-bond donors (Lipinski definition) is 0. The molecule has 1 nitrogen and oxygen atoms in total. The van der Waals surface area contributed by atoms with E-state index in [4.69, 9.17) is 4.74 Å². The highest BCUT2D eigenvalue weighted by Crippen LogP contribution is 2.21. The molecule has 16 heavy (non-hydrogen) atoms. The van der Waals surface area contributed by atoms with E-state index < -0.39 is 0 Å². The lowest BCUT2D eigenvalue weighted by molar-refractivity contribution is 0.519. The summed E-state index contributed by atoms with van der Waals surface area (Å²) in [7, 11) is 0. The normalized spacial score (nSPS) is 9.06. The minimum Gasteiger partial charge on any atom is -0.408 e. The molecule has 0 aliphatic rings. The molecule has 0 saturated carbocycles. The summed E-state index contributed by atoms with van der Waals surface area (Å²) in [5, 5.41) is 0. The van der Waals surface area contributed by atoms with Crippen molar-refractivity contribution in [1.82, 2.24) is 0 Å². The minimum absolute atomic E-state index is 0.772. The first-order valence-electron chi connectivity index (χ1n) is 5.14. The maximum absolute atomic E-state index is 5.18. The molecule has 0 aliphatic carbocycles. The molecule has 0 atom stereocenters. The molecule has 1 heteroatoms. The Balaban J connectivity index is 2.22. The van der Waals surface area contributed by atoms with Crippen LogP contribution in [0.1, 0.15) is 6.92 Å². The molecule has 0 fully saturated rings. The monoisotopic (exact) mass is 208 g/mol. The van der Waals surface area contributed by atoms with E-state index in [0.717, 1.165) is 5.75 Å². The third-order valence-electron chi connectivity index (χ3n) is 2.23. The van der Waals surface area contributed by atoms with Crippen molar-refractivity contribution in [3.05, 3.63) is 54.6 Å². The van der Waals surface area contributed by atoms with E-state index in [1.54, 1.807) is 6.92 Å². The maximum Gasteiger partial charge on any atom is 0.140 e. The molecule has 0 aromatic heterocycles. The van der Waals surface area contributed by atoms with Crippen molar-refractivity contribution >= 4 is 0 Å². The molecule has 2 rings (SSSR count). The van der Waals surface area contributed by atoms with Crippen molar-refractivity contribution in [3.63, 3.8) is 0 Å². The van der Waals surface area contributed by atoms with E-state index in [0.29, 0.717) is 0 Å². The summed E-state index contributed by atoms with van der Waals surface area (Å²) in [4.78, 5) is 0. The van der Waals surface area contributed by atoms with Crippen molar-refractivity contribution in [2.24, 2.45) is 0 Å². The summed E-state index contributed by atoms with van der Waals surface area (Å²) in [5.74, 6) is 3.46. The fourth-order valence-electron chi connectivity index (χ4n) is 1.46. The highest BCUT2D eigenvalue weighted by Gasteiger charge is 1.96. The van der Waals surface area contributed by atoms with Gasteiger partial charge in [0.25, 0.3) is 0 Å². The average Bonchev–Trinajstić information content (AvgIpc) is 2.38. The van der Waals surface area contributed by atoms with Crippen LogP contribution in [0.3, 0.4) is 0 Å². The van der Waals surface area contributed by atoms with Crippen LogP contribution in [0, 0.1) is 12.0 Å². The second-order valence-electron chi connectivity index (χ2n) is 3.34. The van der Waals surface area contributed by atoms with Crippen molar-refractivity contribution in [1.29, 1.82) is 0 Å². The Morgan fingerprint density at radius 3 is 2.06 bits per heavy atom. The zero-order valence-corrected chi connectivity index (χ0v) is 9.10. The van der Waals surface area contributed by atoms with E-state index in [1.807, 2.05) is 42.5 Å². The Morgan fingerprint density at radius 2 is 1.44 bits per heavy atom. The standard InChI is InChI=1S/C15H12O/c1-2-12-16-15-10-8-14(9-11-15)13-6-4-3-5-7-13/h3-11H,1H3. The summed E-state index contributed by atoms with van der Waals surface area (Å²) in [6.45, 7) is 1.75. The molecule has 0 spiro atoms. The smallest absolute Gasteiger partial charge is 0.140 e. The second kappa shape index (κ2) is 5.04. The fraction of sp³-hybridized carbons (Fsp3) is 0.0667. The Morgan fingerprint density at radius 1 is 0.812 bits per heavy atom. The Kier molecular flexibility index (Phi) is 3.25. The molecule has 0 heterocycles. The van der Waals surface area contributed by atoms with Crippen LogP contribution in [0.5, 0.6) is 5.75 Å². The summed E-state index contributed by atoms with van der Waals surface area (Å²) >= 11 is 0. The highest BCUT2D eigenvalue weighted by atomic mass is 16.5. The maximum atomic E-state index is 5.18. The Bertz CT molecular complexity index is 501. The van der Waals surface area contributed by atoms with Gasteiger partial charge in [-0.15, -0.1) is 0 Å². The molecule has 0 amide bonds. The average molecular weight is 208 g/mol. The molecular formula is C15H12O. The summed E-state index contributed by atoms with van der Waals surface area (Å²) in [6.07, 6.45) is 2.57. The van der Waals surface area contributed by atoms with Gasteiger partial charge in [0.1, 0.15) is 11.9 Å². The number of rotatable bonds is 2. The van der Waals surface area contributed by atoms with Gasteiger partial charge in [-0.3, -0.25) is 0 Å². The van der Waals surface area contributed by atoms with Crippen LogP contribution in [-0.2, 0) is 0 Å². The van der Waals surface area contributed by atoms with Gasteiger partial charge in [-0.25, -0.2) is 0 Å². The van der Waals surface area contributed by atoms with Gasteiger partial charge in [0, 0.05) is 6.92 Å². The Labute approximate surface area is 95.7 Å². The fourth-order valence-corrected chi connectivity index (χ4v) is 1.46. The van der Waals surface area contributed by atoms with Crippen LogP contribution in [-0.4, -0.2) is 0 Å². The third kappa shape index (κ3) is 2.43. The largest absolute Gasteiger partial charge is 0.408 e. The molecule has 0 N–H and O–H groups in total. The van der Waals surface area contributed by atoms with Gasteiger partial charge in [-0.2, -0.15) is 0 Å². The van der Waals surface area contributed by atoms with Crippen molar-refractivity contribution in [3.8, 4) is 28.9 Å². The Hall–Kier alpha value is -2.20. The molecule has 78 valence electrons. The lowest BCUT2D eigenvalue weighted by atomic mass is 10.1. The quantitative estimate of drug-likeness (QED) is 0.683. The molecule has 0 saturated heterocycles. The number of hydrogen-bond acceptors (Lipinski definition) is 1. The number of ether oxygens (including phenoxy) is 1. The first kappa shape index (κ1) is 10.3. The number of benzene rings is 2. The zero-order valence-electron chi connectivity index (χ0n) is 9.10. The lowest BCUT2D eigenvalue weighted by Gasteiger charge is -2.02. The van der Waals surface area contributed by atoms with Gasteiger partial charge in [-0.1, -0.05) is 48.4 Å². The molecule has 0 bridgehead atoms. The van der Waals surface area contributed by atoms with E-state index >= 15 is 0 Å². The topological polar surface area (TPSA) is 9.23 Å². The first-order chi connectivity index (χ1) is 7.90. The third-order valence-corrected chi connectivity index (χ3v) is 2.23. The summed E-state index contributed by atoms with van der Waals surface area (Å²) < 4.78 is 5.18. The molecular weight excluding hydrogens is 196 g/mol. The zero-order chi connectivity index (χ0) is 11.2. The van der Waals surface area contributed by atoms with Crippen LogP contribution < -0.4 is 4.74 Å². The first-order valence-corrected chi connectivity index (χ1v) is 5.14. The van der Waals surface area contributed by atoms with Crippen LogP contribution >= 0.6 is 0 Å². The van der Waals surface area contributed by atoms with Gasteiger partial charge >= 0.3 is 0 Å². The molecule has 0 radical (unpaired) electrons. The van der Waals surface area contributed by atoms with Gasteiger partial charge in [0.2, 0.25) is 0 Å². The van der Waals surface area contributed by atoms with Gasteiger partial charge in [-0.05, 0) is 23.3 Å². The van der Waals surface area contributed by atoms with E-state index in [9.17, 15) is 0 Å². The van der Waals surface area contributed by atoms with Crippen molar-refractivity contribution < 1.29 is 4.74 Å². The van der Waals surface area contributed by atoms with E-state index in [-0.39, 0.29) is 0 Å². The van der Waals surface area contributed by atoms with Crippen LogP contribution in [0.4, 0.5) is 0 Å². The van der Waals surface area contributed by atoms with Gasteiger partial charge in [0.15, 0.2) is 0 Å². The molecule has 2 aromatic carbocycles. The summed E-state index contributed by atoms with van der Waals surface area (Å²) in [5.41, 5.74) is 2.38. The SMILES string of the molecule is CC#COc1ccc(-c2ccccc2)cc1. The van der Waals surface area contributed by atoms with Gasteiger partial charge < -0.3 is 4.74 Å². The molecule has 2 aromatic rings. The minimum atomic E-state index is 0.772. The van der Waals surface area contributed by atoms with Crippen molar-refractivity contribution in [2.45, 2.75) is 6.92 Å². The second-order valence-corrected chi connectivity index (χ2v) is 3.34. The highest BCUT2D eigenvalue weighted by molar-refractivity contribution is 5.63.